The quantitative estimate of drug-likeness (QED) is 0.889. The van der Waals surface area contributed by atoms with Crippen LogP contribution in [0.1, 0.15) is 51.0 Å². The molecule has 2 aliphatic rings. The molecule has 2 heteroatoms. The molecular formula is C17H26N2. The van der Waals surface area contributed by atoms with E-state index in [1.165, 1.54) is 50.0 Å². The van der Waals surface area contributed by atoms with Gasteiger partial charge in [-0.3, -0.25) is 0 Å². The summed E-state index contributed by atoms with van der Waals surface area (Å²) in [5.74, 6) is 0.610. The number of piperidine rings is 1. The minimum Gasteiger partial charge on any atom is -0.371 e. The highest BCUT2D eigenvalue weighted by atomic mass is 15.2. The highest BCUT2D eigenvalue weighted by Gasteiger charge is 2.27. The molecule has 1 saturated carbocycles. The van der Waals surface area contributed by atoms with Crippen LogP contribution in [-0.2, 0) is 0 Å². The van der Waals surface area contributed by atoms with Gasteiger partial charge in [-0.15, -0.1) is 0 Å². The molecule has 1 heterocycles. The van der Waals surface area contributed by atoms with Crippen LogP contribution in [0.3, 0.4) is 0 Å². The van der Waals surface area contributed by atoms with Gasteiger partial charge in [-0.05, 0) is 43.2 Å². The van der Waals surface area contributed by atoms with Crippen LogP contribution in [0, 0.1) is 0 Å². The Balaban J connectivity index is 1.64. The van der Waals surface area contributed by atoms with Crippen LogP contribution in [0.25, 0.3) is 0 Å². The van der Waals surface area contributed by atoms with Crippen molar-refractivity contribution < 1.29 is 0 Å². The van der Waals surface area contributed by atoms with Crippen molar-refractivity contribution in [2.45, 2.75) is 57.5 Å². The fraction of sp³-hybridized carbons (Fsp3) is 0.647. The molecule has 0 radical (unpaired) electrons. The van der Waals surface area contributed by atoms with Crippen molar-refractivity contribution in [1.29, 1.82) is 0 Å². The molecule has 0 unspecified atom stereocenters. The van der Waals surface area contributed by atoms with Gasteiger partial charge in [0.25, 0.3) is 0 Å². The number of benzene rings is 1. The Hall–Kier alpha value is -1.02. The van der Waals surface area contributed by atoms with E-state index in [1.54, 1.807) is 0 Å². The molecule has 0 atom stereocenters. The van der Waals surface area contributed by atoms with E-state index < -0.39 is 0 Å². The molecule has 1 aliphatic carbocycles. The summed E-state index contributed by atoms with van der Waals surface area (Å²) in [6.45, 7) is 6.99. The van der Waals surface area contributed by atoms with Crippen LogP contribution >= 0.6 is 0 Å². The molecule has 0 amide bonds. The lowest BCUT2D eigenvalue weighted by atomic mass is 9.98. The van der Waals surface area contributed by atoms with Gasteiger partial charge in [-0.2, -0.15) is 0 Å². The van der Waals surface area contributed by atoms with Gasteiger partial charge in [0, 0.05) is 30.9 Å². The zero-order valence-corrected chi connectivity index (χ0v) is 12.2. The molecule has 3 rings (SSSR count). The van der Waals surface area contributed by atoms with E-state index in [0.717, 1.165) is 12.1 Å². The van der Waals surface area contributed by atoms with E-state index in [2.05, 4.69) is 48.3 Å². The first-order valence-corrected chi connectivity index (χ1v) is 7.84. The first kappa shape index (κ1) is 13.0. The first-order valence-electron chi connectivity index (χ1n) is 7.84. The van der Waals surface area contributed by atoms with Gasteiger partial charge >= 0.3 is 0 Å². The summed E-state index contributed by atoms with van der Waals surface area (Å²) in [5, 5.41) is 3.78. The lowest BCUT2D eigenvalue weighted by Gasteiger charge is -2.35. The Morgan fingerprint density at radius 1 is 1.00 bits per heavy atom. The van der Waals surface area contributed by atoms with Crippen molar-refractivity contribution in [2.75, 3.05) is 18.0 Å². The monoisotopic (exact) mass is 258 g/mol. The fourth-order valence-electron chi connectivity index (χ4n) is 3.13. The van der Waals surface area contributed by atoms with E-state index in [1.807, 2.05) is 0 Å². The Kier molecular flexibility index (Phi) is 3.79. The summed E-state index contributed by atoms with van der Waals surface area (Å²) < 4.78 is 0. The summed E-state index contributed by atoms with van der Waals surface area (Å²) in [6, 6.07) is 10.5. The molecular weight excluding hydrogens is 232 g/mol. The topological polar surface area (TPSA) is 15.3 Å². The number of rotatable bonds is 4. The number of nitrogens with zero attached hydrogens (tertiary/aromatic N) is 1. The largest absolute Gasteiger partial charge is 0.371 e. The molecule has 0 aromatic heterocycles. The Morgan fingerprint density at radius 2 is 1.63 bits per heavy atom. The average Bonchev–Trinajstić information content (AvgIpc) is 3.23. The molecule has 1 N–H and O–H groups in total. The number of hydrogen-bond acceptors (Lipinski definition) is 2. The van der Waals surface area contributed by atoms with Gasteiger partial charge in [-0.25, -0.2) is 0 Å². The average molecular weight is 258 g/mol. The van der Waals surface area contributed by atoms with Crippen molar-refractivity contribution in [2.24, 2.45) is 0 Å². The van der Waals surface area contributed by atoms with Crippen molar-refractivity contribution in [3.8, 4) is 0 Å². The summed E-state index contributed by atoms with van der Waals surface area (Å²) in [6.07, 6.45) is 5.39. The Morgan fingerprint density at radius 3 is 2.26 bits per heavy atom. The third-order valence-corrected chi connectivity index (χ3v) is 4.44. The van der Waals surface area contributed by atoms with Gasteiger partial charge < -0.3 is 10.2 Å². The summed E-state index contributed by atoms with van der Waals surface area (Å²) >= 11 is 0. The zero-order chi connectivity index (χ0) is 13.2. The number of hydrogen-bond donors (Lipinski definition) is 1. The van der Waals surface area contributed by atoms with Gasteiger partial charge in [0.2, 0.25) is 0 Å². The molecule has 1 saturated heterocycles. The normalized spacial score (nSPS) is 21.1. The van der Waals surface area contributed by atoms with E-state index in [-0.39, 0.29) is 0 Å². The van der Waals surface area contributed by atoms with Crippen LogP contribution in [0.15, 0.2) is 24.3 Å². The standard InChI is InChI=1S/C17H26N2/c1-13(2)16-5-3-4-6-17(16)19-11-9-15(10-12-19)18-14-7-8-14/h3-6,13-15,18H,7-12H2,1-2H3. The van der Waals surface area contributed by atoms with E-state index in [9.17, 15) is 0 Å². The van der Waals surface area contributed by atoms with E-state index in [0.29, 0.717) is 5.92 Å². The molecule has 2 fully saturated rings. The van der Waals surface area contributed by atoms with Crippen LogP contribution in [0.5, 0.6) is 0 Å². The maximum absolute atomic E-state index is 3.78. The van der Waals surface area contributed by atoms with Crippen LogP contribution in [-0.4, -0.2) is 25.2 Å². The van der Waals surface area contributed by atoms with Gasteiger partial charge in [0.15, 0.2) is 0 Å². The fourth-order valence-corrected chi connectivity index (χ4v) is 3.13. The van der Waals surface area contributed by atoms with E-state index >= 15 is 0 Å². The minimum absolute atomic E-state index is 0.610. The third-order valence-electron chi connectivity index (χ3n) is 4.44. The first-order chi connectivity index (χ1) is 9.24. The maximum atomic E-state index is 3.78. The number of nitrogens with one attached hydrogen (secondary N) is 1. The Labute approximate surface area is 117 Å². The predicted octanol–water partition coefficient (Wildman–Crippen LogP) is 3.53. The van der Waals surface area contributed by atoms with Crippen molar-refractivity contribution in [1.82, 2.24) is 5.32 Å². The SMILES string of the molecule is CC(C)c1ccccc1N1CCC(NC2CC2)CC1. The minimum atomic E-state index is 0.610. The number of anilines is 1. The third kappa shape index (κ3) is 3.11. The molecule has 1 aromatic carbocycles. The smallest absolute Gasteiger partial charge is 0.0401 e. The molecule has 1 aliphatic heterocycles. The molecule has 2 nitrogen and oxygen atoms in total. The lowest BCUT2D eigenvalue weighted by Crippen LogP contribution is -2.43. The van der Waals surface area contributed by atoms with Crippen LogP contribution in [0.4, 0.5) is 5.69 Å². The number of para-hydroxylation sites is 1. The van der Waals surface area contributed by atoms with Gasteiger partial charge in [0.1, 0.15) is 0 Å². The lowest BCUT2D eigenvalue weighted by molar-refractivity contribution is 0.412. The van der Waals surface area contributed by atoms with Crippen LogP contribution in [0.2, 0.25) is 0 Å². The zero-order valence-electron chi connectivity index (χ0n) is 12.2. The van der Waals surface area contributed by atoms with Gasteiger partial charge in [-0.1, -0.05) is 32.0 Å². The summed E-state index contributed by atoms with van der Waals surface area (Å²) in [7, 11) is 0. The highest BCUT2D eigenvalue weighted by molar-refractivity contribution is 5.55. The van der Waals surface area contributed by atoms with Crippen molar-refractivity contribution in [3.63, 3.8) is 0 Å². The predicted molar refractivity (Wildman–Crippen MR) is 81.9 cm³/mol. The highest BCUT2D eigenvalue weighted by Crippen LogP contribution is 2.30. The molecule has 0 spiro atoms. The summed E-state index contributed by atoms with van der Waals surface area (Å²) in [5.41, 5.74) is 2.96. The molecule has 0 bridgehead atoms. The van der Waals surface area contributed by atoms with Crippen molar-refractivity contribution >= 4 is 5.69 Å². The Bertz CT molecular complexity index is 415. The molecule has 1 aromatic rings. The molecule has 19 heavy (non-hydrogen) atoms. The second kappa shape index (κ2) is 5.54. The second-order valence-electron chi connectivity index (χ2n) is 6.42. The van der Waals surface area contributed by atoms with Crippen LogP contribution < -0.4 is 10.2 Å². The molecule has 104 valence electrons. The van der Waals surface area contributed by atoms with Crippen molar-refractivity contribution in [3.05, 3.63) is 29.8 Å². The summed E-state index contributed by atoms with van der Waals surface area (Å²) in [4.78, 5) is 2.58. The van der Waals surface area contributed by atoms with Gasteiger partial charge in [0.05, 0.1) is 0 Å². The second-order valence-corrected chi connectivity index (χ2v) is 6.42. The maximum Gasteiger partial charge on any atom is 0.0401 e. The van der Waals surface area contributed by atoms with E-state index in [4.69, 9.17) is 0 Å².